The lowest BCUT2D eigenvalue weighted by Gasteiger charge is -2.04. The van der Waals surface area contributed by atoms with Crippen LogP contribution in [-0.2, 0) is 10.0 Å². The summed E-state index contributed by atoms with van der Waals surface area (Å²) in [4.78, 5) is 11.5. The summed E-state index contributed by atoms with van der Waals surface area (Å²) in [6.45, 7) is 0. The van der Waals surface area contributed by atoms with Gasteiger partial charge >= 0.3 is 0 Å². The number of nitrogens with zero attached hydrogens (tertiary/aromatic N) is 1. The first-order chi connectivity index (χ1) is 8.47. The van der Waals surface area contributed by atoms with Crippen LogP contribution in [0.3, 0.4) is 0 Å². The highest BCUT2D eigenvalue weighted by Gasteiger charge is 2.12. The maximum atomic E-state index is 11.6. The van der Waals surface area contributed by atoms with Gasteiger partial charge in [0.15, 0.2) is 5.69 Å². The van der Waals surface area contributed by atoms with Crippen LogP contribution in [0.15, 0.2) is 46.0 Å². The Bertz CT molecular complexity index is 664. The Kier molecular flexibility index (Phi) is 3.13. The topological polar surface area (TPSA) is 115 Å². The first kappa shape index (κ1) is 12.3. The molecule has 0 aliphatic rings. The summed E-state index contributed by atoms with van der Waals surface area (Å²) >= 11 is 0. The fraction of sp³-hybridized carbons (Fsp3) is 0. The molecule has 7 nitrogen and oxygen atoms in total. The van der Waals surface area contributed by atoms with Crippen molar-refractivity contribution in [2.45, 2.75) is 4.90 Å². The van der Waals surface area contributed by atoms with Gasteiger partial charge in [0.05, 0.1) is 4.90 Å². The lowest BCUT2D eigenvalue weighted by Crippen LogP contribution is -2.15. The van der Waals surface area contributed by atoms with Gasteiger partial charge in [0, 0.05) is 11.8 Å². The molecule has 3 N–H and O–H groups in total. The standard InChI is InChI=1S/C10H9N3O4S/c11-18(15,16)8-3-1-2-7(6-8)12-10(14)9-4-5-17-13-9/h1-6H,(H,12,14)(H2,11,15,16). The highest BCUT2D eigenvalue weighted by molar-refractivity contribution is 7.89. The van der Waals surface area contributed by atoms with Crippen molar-refractivity contribution in [3.8, 4) is 0 Å². The number of rotatable bonds is 3. The van der Waals surface area contributed by atoms with Crippen molar-refractivity contribution in [1.82, 2.24) is 5.16 Å². The molecule has 2 aromatic rings. The van der Waals surface area contributed by atoms with E-state index in [1.165, 1.54) is 36.6 Å². The van der Waals surface area contributed by atoms with E-state index in [-0.39, 0.29) is 10.6 Å². The van der Waals surface area contributed by atoms with Crippen molar-refractivity contribution >= 4 is 21.6 Å². The largest absolute Gasteiger partial charge is 0.364 e. The van der Waals surface area contributed by atoms with Gasteiger partial charge in [0.2, 0.25) is 10.0 Å². The molecule has 1 aromatic carbocycles. The first-order valence-electron chi connectivity index (χ1n) is 4.81. The van der Waals surface area contributed by atoms with Crippen molar-refractivity contribution in [3.63, 3.8) is 0 Å². The van der Waals surface area contributed by atoms with Gasteiger partial charge in [0.25, 0.3) is 5.91 Å². The van der Waals surface area contributed by atoms with E-state index in [9.17, 15) is 13.2 Å². The zero-order chi connectivity index (χ0) is 13.2. The second-order valence-electron chi connectivity index (χ2n) is 3.41. The van der Waals surface area contributed by atoms with Crippen LogP contribution in [0, 0.1) is 0 Å². The molecule has 0 fully saturated rings. The second kappa shape index (κ2) is 4.59. The molecule has 8 heteroatoms. The molecule has 2 rings (SSSR count). The minimum absolute atomic E-state index is 0.0829. The van der Waals surface area contributed by atoms with E-state index >= 15 is 0 Å². The van der Waals surface area contributed by atoms with Crippen LogP contribution < -0.4 is 10.5 Å². The van der Waals surface area contributed by atoms with E-state index in [4.69, 9.17) is 5.14 Å². The van der Waals surface area contributed by atoms with Crippen molar-refractivity contribution in [2.75, 3.05) is 5.32 Å². The molecule has 1 aromatic heterocycles. The van der Waals surface area contributed by atoms with E-state index < -0.39 is 15.9 Å². The highest BCUT2D eigenvalue weighted by atomic mass is 32.2. The summed E-state index contributed by atoms with van der Waals surface area (Å²) in [6, 6.07) is 6.98. The van der Waals surface area contributed by atoms with E-state index in [1.807, 2.05) is 0 Å². The highest BCUT2D eigenvalue weighted by Crippen LogP contribution is 2.14. The molecule has 0 radical (unpaired) electrons. The Hall–Kier alpha value is -2.19. The molecule has 94 valence electrons. The number of carbonyl (C=O) groups is 1. The number of sulfonamides is 1. The Labute approximate surface area is 103 Å². The molecule has 0 atom stereocenters. The number of hydrogen-bond acceptors (Lipinski definition) is 5. The summed E-state index contributed by atoms with van der Waals surface area (Å²) in [5, 5.41) is 10.9. The fourth-order valence-corrected chi connectivity index (χ4v) is 1.84. The van der Waals surface area contributed by atoms with Crippen LogP contribution in [0.2, 0.25) is 0 Å². The number of nitrogens with two attached hydrogens (primary N) is 1. The molecule has 0 spiro atoms. The van der Waals surface area contributed by atoms with Gasteiger partial charge in [-0.05, 0) is 18.2 Å². The normalized spacial score (nSPS) is 11.2. The number of nitrogens with one attached hydrogen (secondary N) is 1. The fourth-order valence-electron chi connectivity index (χ4n) is 1.28. The molecule has 0 aliphatic heterocycles. The molecule has 1 heterocycles. The average molecular weight is 267 g/mol. The second-order valence-corrected chi connectivity index (χ2v) is 4.97. The summed E-state index contributed by atoms with van der Waals surface area (Å²) in [7, 11) is -3.80. The zero-order valence-corrected chi connectivity index (χ0v) is 9.85. The molecule has 0 unspecified atom stereocenters. The van der Waals surface area contributed by atoms with Gasteiger partial charge in [-0.25, -0.2) is 13.6 Å². The average Bonchev–Trinajstić information content (AvgIpc) is 2.81. The first-order valence-corrected chi connectivity index (χ1v) is 6.36. The van der Waals surface area contributed by atoms with Gasteiger partial charge in [-0.3, -0.25) is 4.79 Å². The monoisotopic (exact) mass is 267 g/mol. The van der Waals surface area contributed by atoms with E-state index in [1.54, 1.807) is 0 Å². The molecule has 0 saturated carbocycles. The summed E-state index contributed by atoms with van der Waals surface area (Å²) < 4.78 is 26.8. The van der Waals surface area contributed by atoms with Crippen molar-refractivity contribution in [2.24, 2.45) is 5.14 Å². The third-order valence-electron chi connectivity index (χ3n) is 2.09. The van der Waals surface area contributed by atoms with E-state index in [2.05, 4.69) is 15.0 Å². The van der Waals surface area contributed by atoms with E-state index in [0.717, 1.165) is 0 Å². The minimum Gasteiger partial charge on any atom is -0.364 e. The van der Waals surface area contributed by atoms with Crippen molar-refractivity contribution in [3.05, 3.63) is 42.3 Å². The predicted molar refractivity (Wildman–Crippen MR) is 62.3 cm³/mol. The van der Waals surface area contributed by atoms with Gasteiger partial charge in [0.1, 0.15) is 6.26 Å². The third kappa shape index (κ3) is 2.73. The number of hydrogen-bond donors (Lipinski definition) is 2. The van der Waals surface area contributed by atoms with Gasteiger partial charge in [-0.1, -0.05) is 11.2 Å². The van der Waals surface area contributed by atoms with Crippen LogP contribution in [-0.4, -0.2) is 19.5 Å². The molecular weight excluding hydrogens is 258 g/mol. The number of benzene rings is 1. The van der Waals surface area contributed by atoms with E-state index in [0.29, 0.717) is 5.69 Å². The van der Waals surface area contributed by atoms with Crippen LogP contribution in [0.4, 0.5) is 5.69 Å². The predicted octanol–water partition coefficient (Wildman–Crippen LogP) is 0.574. The molecule has 0 saturated heterocycles. The van der Waals surface area contributed by atoms with Crippen LogP contribution in [0.1, 0.15) is 10.5 Å². The zero-order valence-electron chi connectivity index (χ0n) is 9.03. The van der Waals surface area contributed by atoms with Crippen molar-refractivity contribution < 1.29 is 17.7 Å². The smallest absolute Gasteiger partial charge is 0.277 e. The third-order valence-corrected chi connectivity index (χ3v) is 3.00. The molecule has 0 bridgehead atoms. The summed E-state index contributed by atoms with van der Waals surface area (Å²) in [6.07, 6.45) is 1.26. The minimum atomic E-state index is -3.80. The summed E-state index contributed by atoms with van der Waals surface area (Å²) in [5.41, 5.74) is 0.394. The van der Waals surface area contributed by atoms with Crippen LogP contribution in [0.5, 0.6) is 0 Å². The number of carbonyl (C=O) groups excluding carboxylic acids is 1. The van der Waals surface area contributed by atoms with Crippen molar-refractivity contribution in [1.29, 1.82) is 0 Å². The molecule has 18 heavy (non-hydrogen) atoms. The van der Waals surface area contributed by atoms with Gasteiger partial charge in [-0.2, -0.15) is 0 Å². The number of aromatic nitrogens is 1. The maximum absolute atomic E-state index is 11.6. The lowest BCUT2D eigenvalue weighted by atomic mass is 10.3. The maximum Gasteiger partial charge on any atom is 0.277 e. The molecule has 0 aliphatic carbocycles. The molecular formula is C10H9N3O4S. The van der Waals surface area contributed by atoms with Crippen LogP contribution in [0.25, 0.3) is 0 Å². The summed E-state index contributed by atoms with van der Waals surface area (Å²) in [5.74, 6) is -0.504. The quantitative estimate of drug-likeness (QED) is 0.843. The Morgan fingerprint density at radius 2 is 2.11 bits per heavy atom. The van der Waals surface area contributed by atoms with Gasteiger partial charge in [-0.15, -0.1) is 0 Å². The Balaban J connectivity index is 2.23. The van der Waals surface area contributed by atoms with Crippen LogP contribution >= 0.6 is 0 Å². The number of anilines is 1. The number of primary sulfonamides is 1. The number of amides is 1. The molecule has 1 amide bonds. The Morgan fingerprint density at radius 1 is 1.33 bits per heavy atom. The van der Waals surface area contributed by atoms with Gasteiger partial charge < -0.3 is 9.84 Å². The Morgan fingerprint density at radius 3 is 2.72 bits per heavy atom. The SMILES string of the molecule is NS(=O)(=O)c1cccc(NC(=O)c2ccon2)c1. The lowest BCUT2D eigenvalue weighted by molar-refractivity contribution is 0.101.